The van der Waals surface area contributed by atoms with Crippen LogP contribution in [0.5, 0.6) is 0 Å². The Labute approximate surface area is 89.2 Å². The zero-order valence-corrected chi connectivity index (χ0v) is 9.17. The summed E-state index contributed by atoms with van der Waals surface area (Å²) in [6, 6.07) is 0.0288. The predicted octanol–water partition coefficient (Wildman–Crippen LogP) is 0.949. The Morgan fingerprint density at radius 3 is 2.47 bits per heavy atom. The van der Waals surface area contributed by atoms with Crippen molar-refractivity contribution in [3.8, 4) is 0 Å². The minimum Gasteiger partial charge on any atom is -0.481 e. The third kappa shape index (κ3) is 3.42. The second kappa shape index (κ2) is 4.51. The molecule has 1 unspecified atom stereocenters. The van der Waals surface area contributed by atoms with Crippen LogP contribution >= 0.6 is 0 Å². The van der Waals surface area contributed by atoms with Gasteiger partial charge in [0.25, 0.3) is 0 Å². The van der Waals surface area contributed by atoms with Gasteiger partial charge in [0.1, 0.15) is 0 Å². The van der Waals surface area contributed by atoms with Crippen LogP contribution in [-0.4, -0.2) is 29.7 Å². The van der Waals surface area contributed by atoms with Gasteiger partial charge in [0.15, 0.2) is 0 Å². The Balaban J connectivity index is 2.32. The first-order chi connectivity index (χ1) is 6.98. The van der Waals surface area contributed by atoms with Crippen LogP contribution in [0.25, 0.3) is 0 Å². The number of amides is 2. The molecule has 0 heterocycles. The fraction of sp³-hybridized carbons (Fsp3) is 0.800. The van der Waals surface area contributed by atoms with Crippen molar-refractivity contribution in [3.63, 3.8) is 0 Å². The fourth-order valence-electron chi connectivity index (χ4n) is 1.09. The van der Waals surface area contributed by atoms with Crippen LogP contribution in [0.3, 0.4) is 0 Å². The lowest BCUT2D eigenvalue weighted by molar-refractivity contribution is -0.147. The van der Waals surface area contributed by atoms with E-state index >= 15 is 0 Å². The van der Waals surface area contributed by atoms with Crippen molar-refractivity contribution < 1.29 is 14.7 Å². The summed E-state index contributed by atoms with van der Waals surface area (Å²) >= 11 is 0. The van der Waals surface area contributed by atoms with Crippen LogP contribution < -0.4 is 10.6 Å². The average molecular weight is 214 g/mol. The molecule has 5 nitrogen and oxygen atoms in total. The minimum atomic E-state index is -0.878. The molecule has 0 spiro atoms. The van der Waals surface area contributed by atoms with Gasteiger partial charge in [-0.15, -0.1) is 0 Å². The lowest BCUT2D eigenvalue weighted by Crippen LogP contribution is -2.45. The van der Waals surface area contributed by atoms with E-state index in [4.69, 9.17) is 5.11 Å². The molecule has 5 heteroatoms. The van der Waals surface area contributed by atoms with Crippen molar-refractivity contribution >= 4 is 12.0 Å². The van der Waals surface area contributed by atoms with Gasteiger partial charge >= 0.3 is 12.0 Å². The molecule has 0 bridgehead atoms. The predicted molar refractivity (Wildman–Crippen MR) is 55.6 cm³/mol. The molecular formula is C10H18N2O3. The van der Waals surface area contributed by atoms with E-state index in [0.717, 1.165) is 12.8 Å². The molecule has 0 aliphatic heterocycles. The van der Waals surface area contributed by atoms with Gasteiger partial charge in [0.2, 0.25) is 0 Å². The van der Waals surface area contributed by atoms with Gasteiger partial charge in [-0.2, -0.15) is 0 Å². The summed E-state index contributed by atoms with van der Waals surface area (Å²) < 4.78 is 0. The number of carbonyl (C=O) groups excluding carboxylic acids is 1. The van der Waals surface area contributed by atoms with E-state index in [-0.39, 0.29) is 12.6 Å². The summed E-state index contributed by atoms with van der Waals surface area (Å²) in [6.07, 6.45) is 2.54. The molecule has 0 aromatic heterocycles. The molecule has 1 fully saturated rings. The van der Waals surface area contributed by atoms with Crippen LogP contribution in [0.2, 0.25) is 0 Å². The summed E-state index contributed by atoms with van der Waals surface area (Å²) in [7, 11) is 0. The van der Waals surface area contributed by atoms with Gasteiger partial charge in [-0.25, -0.2) is 4.79 Å². The number of carboxylic acids is 1. The number of nitrogens with one attached hydrogen (secondary N) is 2. The molecule has 0 aromatic rings. The Bertz CT molecular complexity index is 263. The van der Waals surface area contributed by atoms with E-state index in [1.807, 2.05) is 0 Å². The van der Waals surface area contributed by atoms with Crippen LogP contribution in [0.4, 0.5) is 4.79 Å². The maximum absolute atomic E-state index is 11.3. The van der Waals surface area contributed by atoms with Crippen molar-refractivity contribution in [1.29, 1.82) is 0 Å². The molecule has 1 rings (SSSR count). The van der Waals surface area contributed by atoms with E-state index in [9.17, 15) is 9.59 Å². The first kappa shape index (κ1) is 11.8. The lowest BCUT2D eigenvalue weighted by Gasteiger charge is -2.23. The molecule has 0 saturated heterocycles. The summed E-state index contributed by atoms with van der Waals surface area (Å²) in [4.78, 5) is 22.2. The average Bonchev–Trinajstić information content (AvgIpc) is 2.97. The van der Waals surface area contributed by atoms with Crippen molar-refractivity contribution in [2.75, 3.05) is 6.54 Å². The van der Waals surface area contributed by atoms with Crippen molar-refractivity contribution in [2.24, 2.45) is 5.41 Å². The first-order valence-electron chi connectivity index (χ1n) is 5.25. The summed E-state index contributed by atoms with van der Waals surface area (Å²) in [5, 5.41) is 14.3. The maximum atomic E-state index is 11.3. The highest BCUT2D eigenvalue weighted by atomic mass is 16.4. The van der Waals surface area contributed by atoms with Gasteiger partial charge in [0, 0.05) is 12.6 Å². The Morgan fingerprint density at radius 2 is 2.07 bits per heavy atom. The van der Waals surface area contributed by atoms with E-state index < -0.39 is 11.4 Å². The fourth-order valence-corrected chi connectivity index (χ4v) is 1.09. The molecule has 1 aliphatic carbocycles. The number of urea groups is 1. The van der Waals surface area contributed by atoms with Crippen LogP contribution in [0.1, 0.15) is 33.1 Å². The number of carboxylic acid groups (broad SMARTS) is 1. The third-order valence-corrected chi connectivity index (χ3v) is 2.85. The van der Waals surface area contributed by atoms with E-state index in [1.54, 1.807) is 13.8 Å². The van der Waals surface area contributed by atoms with Crippen LogP contribution in [-0.2, 0) is 4.79 Å². The first-order valence-corrected chi connectivity index (χ1v) is 5.25. The quantitative estimate of drug-likeness (QED) is 0.637. The highest BCUT2D eigenvalue weighted by Gasteiger charge is 2.32. The Morgan fingerprint density at radius 1 is 1.47 bits per heavy atom. The molecule has 0 aromatic carbocycles. The third-order valence-electron chi connectivity index (χ3n) is 2.85. The van der Waals surface area contributed by atoms with Gasteiger partial charge in [-0.3, -0.25) is 4.79 Å². The number of rotatable bonds is 5. The highest BCUT2D eigenvalue weighted by Crippen LogP contribution is 2.20. The SMILES string of the molecule is CCC(C)(CNC(=O)NC1CC1)C(=O)O. The molecule has 86 valence electrons. The number of carbonyl (C=O) groups is 2. The van der Waals surface area contributed by atoms with Crippen molar-refractivity contribution in [1.82, 2.24) is 10.6 Å². The molecular weight excluding hydrogens is 196 g/mol. The van der Waals surface area contributed by atoms with Gasteiger partial charge < -0.3 is 15.7 Å². The standard InChI is InChI=1S/C10H18N2O3/c1-3-10(2,8(13)14)6-11-9(15)12-7-4-5-7/h7H,3-6H2,1-2H3,(H,13,14)(H2,11,12,15). The topological polar surface area (TPSA) is 78.4 Å². The number of aliphatic carboxylic acids is 1. The van der Waals surface area contributed by atoms with Gasteiger partial charge in [-0.05, 0) is 26.2 Å². The number of hydrogen-bond donors (Lipinski definition) is 3. The van der Waals surface area contributed by atoms with E-state index in [1.165, 1.54) is 0 Å². The second-order valence-electron chi connectivity index (χ2n) is 4.32. The molecule has 1 saturated carbocycles. The summed E-state index contributed by atoms with van der Waals surface area (Å²) in [6.45, 7) is 3.60. The van der Waals surface area contributed by atoms with Crippen molar-refractivity contribution in [3.05, 3.63) is 0 Å². The zero-order valence-electron chi connectivity index (χ0n) is 9.17. The van der Waals surface area contributed by atoms with Gasteiger partial charge in [0.05, 0.1) is 5.41 Å². The molecule has 1 atom stereocenters. The normalized spacial score (nSPS) is 19.1. The number of hydrogen-bond acceptors (Lipinski definition) is 2. The van der Waals surface area contributed by atoms with Crippen molar-refractivity contribution in [2.45, 2.75) is 39.2 Å². The largest absolute Gasteiger partial charge is 0.481 e. The second-order valence-corrected chi connectivity index (χ2v) is 4.32. The Kier molecular flexibility index (Phi) is 3.55. The maximum Gasteiger partial charge on any atom is 0.315 e. The van der Waals surface area contributed by atoms with Crippen LogP contribution in [0.15, 0.2) is 0 Å². The Hall–Kier alpha value is -1.26. The zero-order chi connectivity index (χ0) is 11.5. The lowest BCUT2D eigenvalue weighted by atomic mass is 9.88. The molecule has 2 amide bonds. The molecule has 3 N–H and O–H groups in total. The summed E-state index contributed by atoms with van der Waals surface area (Å²) in [5.74, 6) is -0.878. The summed E-state index contributed by atoms with van der Waals surface area (Å²) in [5.41, 5.74) is -0.874. The monoisotopic (exact) mass is 214 g/mol. The molecule has 0 radical (unpaired) electrons. The minimum absolute atomic E-state index is 0.164. The van der Waals surface area contributed by atoms with E-state index in [0.29, 0.717) is 12.5 Å². The van der Waals surface area contributed by atoms with Crippen LogP contribution in [0, 0.1) is 5.41 Å². The smallest absolute Gasteiger partial charge is 0.315 e. The highest BCUT2D eigenvalue weighted by molar-refractivity contribution is 5.78. The van der Waals surface area contributed by atoms with Gasteiger partial charge in [-0.1, -0.05) is 6.92 Å². The van der Waals surface area contributed by atoms with E-state index in [2.05, 4.69) is 10.6 Å². The molecule has 15 heavy (non-hydrogen) atoms. The molecule has 1 aliphatic rings.